The number of carbonyl (C=O) groups excluding carboxylic acids is 2. The first-order valence-corrected chi connectivity index (χ1v) is 9.35. The van der Waals surface area contributed by atoms with Crippen LogP contribution in [0.5, 0.6) is 0 Å². The number of nitrogens with two attached hydrogens (primary N) is 1. The molecule has 2 aromatic heterocycles. The van der Waals surface area contributed by atoms with Gasteiger partial charge in [0, 0.05) is 24.0 Å². The molecule has 0 fully saturated rings. The van der Waals surface area contributed by atoms with Crippen LogP contribution >= 0.6 is 11.3 Å². The molecule has 0 aliphatic heterocycles. The molecule has 0 unspecified atom stereocenters. The summed E-state index contributed by atoms with van der Waals surface area (Å²) in [5.74, 6) is -0.455. The molecule has 7 nitrogen and oxygen atoms in total. The van der Waals surface area contributed by atoms with Crippen molar-refractivity contribution < 1.29 is 9.59 Å². The molecular weight excluding hydrogens is 362 g/mol. The van der Waals surface area contributed by atoms with Gasteiger partial charge in [-0.1, -0.05) is 17.7 Å². The second-order valence-corrected chi connectivity index (χ2v) is 7.31. The number of thiophene rings is 1. The van der Waals surface area contributed by atoms with Gasteiger partial charge in [0.05, 0.1) is 11.4 Å². The summed E-state index contributed by atoms with van der Waals surface area (Å²) in [6.45, 7) is 6.35. The van der Waals surface area contributed by atoms with Crippen LogP contribution in [0.2, 0.25) is 0 Å². The fourth-order valence-electron chi connectivity index (χ4n) is 2.65. The first kappa shape index (κ1) is 18.8. The van der Waals surface area contributed by atoms with Crippen LogP contribution in [0.3, 0.4) is 0 Å². The SMILES string of the molecule is Cc1ccc(C(=O)NCCNC(=O)c2sc3nnc(C)c(C)c3c2N)cc1. The predicted molar refractivity (Wildman–Crippen MR) is 107 cm³/mol. The molecule has 3 aromatic rings. The van der Waals surface area contributed by atoms with Crippen LogP contribution in [0, 0.1) is 20.8 Å². The lowest BCUT2D eigenvalue weighted by molar-refractivity contribution is 0.0930. The van der Waals surface area contributed by atoms with Crippen molar-refractivity contribution in [3.8, 4) is 0 Å². The molecule has 0 saturated heterocycles. The lowest BCUT2D eigenvalue weighted by Crippen LogP contribution is -2.34. The molecule has 2 heterocycles. The summed E-state index contributed by atoms with van der Waals surface area (Å²) >= 11 is 1.22. The number of aryl methyl sites for hydroxylation is 3. The van der Waals surface area contributed by atoms with Gasteiger partial charge in [-0.15, -0.1) is 16.4 Å². The number of aromatic nitrogens is 2. The van der Waals surface area contributed by atoms with Gasteiger partial charge in [0.15, 0.2) is 0 Å². The molecule has 0 atom stereocenters. The normalized spacial score (nSPS) is 10.8. The van der Waals surface area contributed by atoms with Gasteiger partial charge < -0.3 is 16.4 Å². The predicted octanol–water partition coefficient (Wildman–Crippen LogP) is 2.36. The first-order valence-electron chi connectivity index (χ1n) is 8.53. The topological polar surface area (TPSA) is 110 Å². The molecule has 0 saturated carbocycles. The maximum absolute atomic E-state index is 12.4. The minimum absolute atomic E-state index is 0.174. The highest BCUT2D eigenvalue weighted by atomic mass is 32.1. The van der Waals surface area contributed by atoms with Crippen molar-refractivity contribution in [3.63, 3.8) is 0 Å². The van der Waals surface area contributed by atoms with Crippen molar-refractivity contribution in [1.82, 2.24) is 20.8 Å². The number of carbonyl (C=O) groups is 2. The van der Waals surface area contributed by atoms with Gasteiger partial charge in [0.25, 0.3) is 11.8 Å². The molecule has 0 aliphatic rings. The lowest BCUT2D eigenvalue weighted by atomic mass is 10.1. The second kappa shape index (κ2) is 7.71. The molecule has 4 N–H and O–H groups in total. The molecule has 0 radical (unpaired) electrons. The quantitative estimate of drug-likeness (QED) is 0.586. The highest BCUT2D eigenvalue weighted by Crippen LogP contribution is 2.34. The van der Waals surface area contributed by atoms with E-state index in [9.17, 15) is 9.59 Å². The minimum atomic E-state index is -0.280. The Morgan fingerprint density at radius 1 is 1.00 bits per heavy atom. The minimum Gasteiger partial charge on any atom is -0.397 e. The molecule has 0 bridgehead atoms. The van der Waals surface area contributed by atoms with Crippen molar-refractivity contribution in [2.75, 3.05) is 18.8 Å². The number of hydrogen-bond donors (Lipinski definition) is 3. The lowest BCUT2D eigenvalue weighted by Gasteiger charge is -2.07. The third kappa shape index (κ3) is 3.90. The number of amides is 2. The van der Waals surface area contributed by atoms with E-state index in [-0.39, 0.29) is 11.8 Å². The summed E-state index contributed by atoms with van der Waals surface area (Å²) in [5.41, 5.74) is 9.98. The average molecular weight is 383 g/mol. The third-order valence-electron chi connectivity index (χ3n) is 4.35. The Balaban J connectivity index is 1.59. The number of fused-ring (bicyclic) bond motifs is 1. The number of anilines is 1. The van der Waals surface area contributed by atoms with E-state index < -0.39 is 0 Å². The smallest absolute Gasteiger partial charge is 0.263 e. The van der Waals surface area contributed by atoms with E-state index in [1.807, 2.05) is 32.9 Å². The molecule has 8 heteroatoms. The van der Waals surface area contributed by atoms with Crippen molar-refractivity contribution in [3.05, 3.63) is 51.5 Å². The van der Waals surface area contributed by atoms with Gasteiger partial charge in [-0.3, -0.25) is 9.59 Å². The summed E-state index contributed by atoms with van der Waals surface area (Å²) < 4.78 is 0. The number of benzene rings is 1. The van der Waals surface area contributed by atoms with Gasteiger partial charge in [0.2, 0.25) is 0 Å². The zero-order chi connectivity index (χ0) is 19.6. The number of nitrogens with zero attached hydrogens (tertiary/aromatic N) is 2. The summed E-state index contributed by atoms with van der Waals surface area (Å²) in [7, 11) is 0. The van der Waals surface area contributed by atoms with Gasteiger partial charge in [0.1, 0.15) is 9.71 Å². The van der Waals surface area contributed by atoms with Crippen molar-refractivity contribution in [1.29, 1.82) is 0 Å². The molecule has 3 rings (SSSR count). The maximum Gasteiger partial charge on any atom is 0.263 e. The summed E-state index contributed by atoms with van der Waals surface area (Å²) in [6.07, 6.45) is 0. The van der Waals surface area contributed by atoms with E-state index in [1.165, 1.54) is 11.3 Å². The van der Waals surface area contributed by atoms with E-state index in [1.54, 1.807) is 12.1 Å². The number of nitrogen functional groups attached to an aromatic ring is 1. The van der Waals surface area contributed by atoms with Gasteiger partial charge in [-0.05, 0) is 38.5 Å². The van der Waals surface area contributed by atoms with E-state index in [2.05, 4.69) is 20.8 Å². The molecule has 1 aromatic carbocycles. The van der Waals surface area contributed by atoms with Crippen LogP contribution in [-0.4, -0.2) is 35.1 Å². The van der Waals surface area contributed by atoms with Gasteiger partial charge >= 0.3 is 0 Å². The van der Waals surface area contributed by atoms with Crippen LogP contribution in [0.1, 0.15) is 36.9 Å². The van der Waals surface area contributed by atoms with Crippen LogP contribution in [-0.2, 0) is 0 Å². The van der Waals surface area contributed by atoms with Crippen LogP contribution < -0.4 is 16.4 Å². The van der Waals surface area contributed by atoms with Crippen LogP contribution in [0.25, 0.3) is 10.2 Å². The molecule has 27 heavy (non-hydrogen) atoms. The Morgan fingerprint density at radius 3 is 2.30 bits per heavy atom. The molecule has 0 spiro atoms. The molecular formula is C19H21N5O2S. The third-order valence-corrected chi connectivity index (χ3v) is 5.44. The highest BCUT2D eigenvalue weighted by Gasteiger charge is 2.19. The fourth-order valence-corrected chi connectivity index (χ4v) is 3.67. The summed E-state index contributed by atoms with van der Waals surface area (Å²) in [5, 5.41) is 14.5. The first-order chi connectivity index (χ1) is 12.9. The van der Waals surface area contributed by atoms with Gasteiger partial charge in [-0.25, -0.2) is 0 Å². The Bertz CT molecular complexity index is 1010. The standard InChI is InChI=1S/C19H21N5O2S/c1-10-4-6-13(7-5-10)17(25)21-8-9-22-18(26)16-15(20)14-11(2)12(3)23-24-19(14)27-16/h4-7H,8-9,20H2,1-3H3,(H,21,25)(H,22,26). The van der Waals surface area contributed by atoms with Gasteiger partial charge in [-0.2, -0.15) is 5.10 Å². The highest BCUT2D eigenvalue weighted by molar-refractivity contribution is 7.21. The zero-order valence-corrected chi connectivity index (χ0v) is 16.2. The average Bonchev–Trinajstić information content (AvgIpc) is 2.99. The maximum atomic E-state index is 12.4. The zero-order valence-electron chi connectivity index (χ0n) is 15.4. The van der Waals surface area contributed by atoms with E-state index in [4.69, 9.17) is 5.73 Å². The monoisotopic (exact) mass is 383 g/mol. The van der Waals surface area contributed by atoms with Crippen molar-refractivity contribution >= 4 is 39.1 Å². The Labute approximate surface area is 161 Å². The Hall–Kier alpha value is -3.00. The van der Waals surface area contributed by atoms with E-state index in [0.29, 0.717) is 34.0 Å². The van der Waals surface area contributed by atoms with Crippen LogP contribution in [0.15, 0.2) is 24.3 Å². The summed E-state index contributed by atoms with van der Waals surface area (Å²) in [4.78, 5) is 25.6. The number of nitrogens with one attached hydrogen (secondary N) is 2. The Morgan fingerprint density at radius 2 is 1.63 bits per heavy atom. The Kier molecular flexibility index (Phi) is 5.36. The molecule has 140 valence electrons. The fraction of sp³-hybridized carbons (Fsp3) is 0.263. The van der Waals surface area contributed by atoms with Crippen LogP contribution in [0.4, 0.5) is 5.69 Å². The van der Waals surface area contributed by atoms with E-state index in [0.717, 1.165) is 22.2 Å². The largest absolute Gasteiger partial charge is 0.397 e. The number of hydrogen-bond acceptors (Lipinski definition) is 6. The summed E-state index contributed by atoms with van der Waals surface area (Å²) in [6, 6.07) is 7.31. The van der Waals surface area contributed by atoms with E-state index >= 15 is 0 Å². The molecule has 2 amide bonds. The molecule has 0 aliphatic carbocycles. The van der Waals surface area contributed by atoms with Crippen molar-refractivity contribution in [2.24, 2.45) is 0 Å². The second-order valence-electron chi connectivity index (χ2n) is 6.31. The van der Waals surface area contributed by atoms with Crippen molar-refractivity contribution in [2.45, 2.75) is 20.8 Å². The number of rotatable bonds is 5.